The molecule has 2 rings (SSSR count). The Morgan fingerprint density at radius 1 is 1.35 bits per heavy atom. The number of hydrogen-bond donors (Lipinski definition) is 1. The van der Waals surface area contributed by atoms with Gasteiger partial charge in [-0.1, -0.05) is 34.6 Å². The number of nitrogens with one attached hydrogen (secondary N) is 1. The predicted octanol–water partition coefficient (Wildman–Crippen LogP) is 3.69. The van der Waals surface area contributed by atoms with Crippen LogP contribution in [-0.4, -0.2) is 24.6 Å². The van der Waals surface area contributed by atoms with E-state index in [-0.39, 0.29) is 0 Å². The molecule has 1 atom stereocenters. The molecule has 1 aromatic rings. The monoisotopic (exact) mass is 295 g/mol. The number of aryl methyl sites for hydroxylation is 1. The largest absolute Gasteiger partial charge is 0.348 e. The van der Waals surface area contributed by atoms with E-state index in [1.807, 2.05) is 11.3 Å². The average Bonchev–Trinajstić information content (AvgIpc) is 3.01. The Morgan fingerprint density at radius 2 is 2.10 bits per heavy atom. The molecule has 0 saturated carbocycles. The summed E-state index contributed by atoms with van der Waals surface area (Å²) in [6.07, 6.45) is 2.33. The minimum atomic E-state index is 0.409. The van der Waals surface area contributed by atoms with E-state index >= 15 is 0 Å². The highest BCUT2D eigenvalue weighted by molar-refractivity contribution is 7.15. The van der Waals surface area contributed by atoms with Crippen LogP contribution in [0.2, 0.25) is 0 Å². The van der Waals surface area contributed by atoms with Gasteiger partial charge < -0.3 is 10.2 Å². The fourth-order valence-electron chi connectivity index (χ4n) is 2.80. The Hall–Kier alpha value is -0.610. The Morgan fingerprint density at radius 3 is 2.65 bits per heavy atom. The number of thiazole rings is 1. The Kier molecular flexibility index (Phi) is 5.08. The fraction of sp³-hybridized carbons (Fsp3) is 0.812. The quantitative estimate of drug-likeness (QED) is 0.898. The molecule has 1 N–H and O–H groups in total. The summed E-state index contributed by atoms with van der Waals surface area (Å²) in [5.41, 5.74) is 1.69. The Balaban J connectivity index is 2.08. The van der Waals surface area contributed by atoms with E-state index in [0.717, 1.165) is 25.4 Å². The standard InChI is InChI=1S/C16H29N3S/c1-6-13-14(10-17-7-2)20-15(18-13)19-9-8-12(11-19)16(3,4)5/h12,17H,6-11H2,1-5H3. The van der Waals surface area contributed by atoms with E-state index in [0.29, 0.717) is 5.41 Å². The van der Waals surface area contributed by atoms with Gasteiger partial charge >= 0.3 is 0 Å². The highest BCUT2D eigenvalue weighted by Crippen LogP contribution is 2.37. The third-order valence-electron chi connectivity index (χ3n) is 4.32. The maximum atomic E-state index is 4.88. The molecule has 114 valence electrons. The molecule has 1 unspecified atom stereocenters. The number of nitrogens with zero attached hydrogens (tertiary/aromatic N) is 2. The maximum absolute atomic E-state index is 4.88. The third-order valence-corrected chi connectivity index (χ3v) is 5.48. The summed E-state index contributed by atoms with van der Waals surface area (Å²) in [7, 11) is 0. The molecule has 1 aliphatic rings. The average molecular weight is 295 g/mol. The molecule has 4 heteroatoms. The van der Waals surface area contributed by atoms with Gasteiger partial charge in [0.05, 0.1) is 5.69 Å². The Bertz CT molecular complexity index is 433. The summed E-state index contributed by atoms with van der Waals surface area (Å²) < 4.78 is 0. The summed E-state index contributed by atoms with van der Waals surface area (Å²) in [5, 5.41) is 4.67. The molecular weight excluding hydrogens is 266 g/mol. The van der Waals surface area contributed by atoms with Crippen molar-refractivity contribution in [3.8, 4) is 0 Å². The summed E-state index contributed by atoms with van der Waals surface area (Å²) in [6.45, 7) is 15.8. The lowest BCUT2D eigenvalue weighted by Gasteiger charge is -2.26. The van der Waals surface area contributed by atoms with Gasteiger partial charge in [-0.3, -0.25) is 0 Å². The van der Waals surface area contributed by atoms with Crippen molar-refractivity contribution in [3.05, 3.63) is 10.6 Å². The van der Waals surface area contributed by atoms with Gasteiger partial charge in [0.1, 0.15) is 0 Å². The van der Waals surface area contributed by atoms with E-state index in [4.69, 9.17) is 4.98 Å². The van der Waals surface area contributed by atoms with Gasteiger partial charge in [0, 0.05) is 24.5 Å². The second kappa shape index (κ2) is 6.44. The molecule has 0 amide bonds. The van der Waals surface area contributed by atoms with Crippen molar-refractivity contribution >= 4 is 16.5 Å². The van der Waals surface area contributed by atoms with Crippen LogP contribution in [0.1, 0.15) is 51.6 Å². The minimum absolute atomic E-state index is 0.409. The topological polar surface area (TPSA) is 28.2 Å². The molecule has 0 aliphatic carbocycles. The third kappa shape index (κ3) is 3.53. The van der Waals surface area contributed by atoms with Crippen molar-refractivity contribution in [3.63, 3.8) is 0 Å². The number of rotatable bonds is 5. The van der Waals surface area contributed by atoms with Gasteiger partial charge in [0.2, 0.25) is 0 Å². The van der Waals surface area contributed by atoms with Crippen LogP contribution in [0.3, 0.4) is 0 Å². The smallest absolute Gasteiger partial charge is 0.185 e. The summed E-state index contributed by atoms with van der Waals surface area (Å²) in [4.78, 5) is 8.80. The molecule has 20 heavy (non-hydrogen) atoms. The molecule has 1 aromatic heterocycles. The van der Waals surface area contributed by atoms with Crippen molar-refractivity contribution in [1.29, 1.82) is 0 Å². The van der Waals surface area contributed by atoms with Gasteiger partial charge in [-0.25, -0.2) is 4.98 Å². The normalized spacial score (nSPS) is 19.9. The van der Waals surface area contributed by atoms with Crippen molar-refractivity contribution in [2.45, 2.75) is 54.0 Å². The lowest BCUT2D eigenvalue weighted by Crippen LogP contribution is -2.25. The van der Waals surface area contributed by atoms with Gasteiger partial charge in [0.15, 0.2) is 5.13 Å². The molecule has 0 bridgehead atoms. The van der Waals surface area contributed by atoms with Crippen molar-refractivity contribution in [2.24, 2.45) is 11.3 Å². The van der Waals surface area contributed by atoms with Crippen LogP contribution in [0, 0.1) is 11.3 Å². The van der Waals surface area contributed by atoms with Crippen LogP contribution in [0.15, 0.2) is 0 Å². The first-order valence-electron chi connectivity index (χ1n) is 7.90. The van der Waals surface area contributed by atoms with Crippen LogP contribution in [0.4, 0.5) is 5.13 Å². The number of aromatic nitrogens is 1. The van der Waals surface area contributed by atoms with Crippen LogP contribution in [0.5, 0.6) is 0 Å². The first-order chi connectivity index (χ1) is 9.45. The van der Waals surface area contributed by atoms with E-state index in [9.17, 15) is 0 Å². The van der Waals surface area contributed by atoms with Crippen molar-refractivity contribution in [2.75, 3.05) is 24.5 Å². The van der Waals surface area contributed by atoms with Gasteiger partial charge in [-0.15, -0.1) is 11.3 Å². The van der Waals surface area contributed by atoms with Crippen LogP contribution in [-0.2, 0) is 13.0 Å². The molecule has 0 aromatic carbocycles. The van der Waals surface area contributed by atoms with Gasteiger partial charge in [0.25, 0.3) is 0 Å². The molecule has 2 heterocycles. The lowest BCUT2D eigenvalue weighted by molar-refractivity contribution is 0.263. The van der Waals surface area contributed by atoms with Gasteiger partial charge in [-0.05, 0) is 30.7 Å². The molecule has 1 aliphatic heterocycles. The van der Waals surface area contributed by atoms with Crippen LogP contribution in [0.25, 0.3) is 0 Å². The van der Waals surface area contributed by atoms with Gasteiger partial charge in [-0.2, -0.15) is 0 Å². The number of hydrogen-bond acceptors (Lipinski definition) is 4. The van der Waals surface area contributed by atoms with Crippen LogP contribution < -0.4 is 10.2 Å². The van der Waals surface area contributed by atoms with Crippen LogP contribution >= 0.6 is 11.3 Å². The Labute approximate surface area is 127 Å². The lowest BCUT2D eigenvalue weighted by atomic mass is 9.80. The minimum Gasteiger partial charge on any atom is -0.348 e. The zero-order valence-electron chi connectivity index (χ0n) is 13.6. The maximum Gasteiger partial charge on any atom is 0.185 e. The number of anilines is 1. The highest BCUT2D eigenvalue weighted by atomic mass is 32.1. The molecule has 1 fully saturated rings. The van der Waals surface area contributed by atoms with E-state index < -0.39 is 0 Å². The molecular formula is C16H29N3S. The predicted molar refractivity (Wildman–Crippen MR) is 88.6 cm³/mol. The second-order valence-corrected chi connectivity index (χ2v) is 7.86. The molecule has 0 radical (unpaired) electrons. The molecule has 3 nitrogen and oxygen atoms in total. The summed E-state index contributed by atoms with van der Waals surface area (Å²) in [6, 6.07) is 0. The first-order valence-corrected chi connectivity index (χ1v) is 8.71. The molecule has 1 saturated heterocycles. The zero-order chi connectivity index (χ0) is 14.8. The van der Waals surface area contributed by atoms with E-state index in [2.05, 4.69) is 44.8 Å². The van der Waals surface area contributed by atoms with Crippen molar-refractivity contribution in [1.82, 2.24) is 10.3 Å². The van der Waals surface area contributed by atoms with E-state index in [1.54, 1.807) is 0 Å². The highest BCUT2D eigenvalue weighted by Gasteiger charge is 2.33. The van der Waals surface area contributed by atoms with Crippen molar-refractivity contribution < 1.29 is 0 Å². The molecule has 0 spiro atoms. The SMILES string of the molecule is CCNCc1sc(N2CCC(C(C)(C)C)C2)nc1CC. The summed E-state index contributed by atoms with van der Waals surface area (Å²) in [5.74, 6) is 0.786. The first kappa shape index (κ1) is 15.8. The van der Waals surface area contributed by atoms with E-state index in [1.165, 1.54) is 35.2 Å². The fourth-order valence-corrected chi connectivity index (χ4v) is 3.95. The second-order valence-electron chi connectivity index (χ2n) is 6.80. The zero-order valence-corrected chi connectivity index (χ0v) is 14.4. The summed E-state index contributed by atoms with van der Waals surface area (Å²) >= 11 is 1.89.